The van der Waals surface area contributed by atoms with E-state index in [1.165, 1.54) is 0 Å². The molecular weight excluding hydrogens is 308 g/mol. The number of hydrogen-bond donors (Lipinski definition) is 1. The minimum atomic E-state index is -0.560. The third-order valence-electron chi connectivity index (χ3n) is 4.30. The molecule has 2 amide bonds. The molecule has 2 aliphatic rings. The van der Waals surface area contributed by atoms with Crippen LogP contribution in [0.1, 0.15) is 40.0 Å². The zero-order valence-corrected chi connectivity index (χ0v) is 14.4. The summed E-state index contributed by atoms with van der Waals surface area (Å²) < 4.78 is 11.6. The summed E-state index contributed by atoms with van der Waals surface area (Å²) in [7, 11) is 0. The molecule has 1 aromatic rings. The summed E-state index contributed by atoms with van der Waals surface area (Å²) in [4.78, 5) is 26.1. The van der Waals surface area contributed by atoms with Gasteiger partial charge in [-0.05, 0) is 32.9 Å². The van der Waals surface area contributed by atoms with Gasteiger partial charge in [0.1, 0.15) is 17.0 Å². The number of piperidine rings is 1. The number of fused-ring (bicyclic) bond motifs is 1. The van der Waals surface area contributed by atoms with Crippen molar-refractivity contribution in [3.05, 3.63) is 24.3 Å². The van der Waals surface area contributed by atoms with Crippen molar-refractivity contribution < 1.29 is 19.1 Å². The van der Waals surface area contributed by atoms with E-state index in [2.05, 4.69) is 5.32 Å². The lowest BCUT2D eigenvalue weighted by atomic mass is 9.87. The fraction of sp³-hybridized carbons (Fsp3) is 0.556. The van der Waals surface area contributed by atoms with Gasteiger partial charge in [-0.3, -0.25) is 4.79 Å². The van der Waals surface area contributed by atoms with E-state index in [-0.39, 0.29) is 12.0 Å². The topological polar surface area (TPSA) is 67.9 Å². The fourth-order valence-corrected chi connectivity index (χ4v) is 3.12. The van der Waals surface area contributed by atoms with Gasteiger partial charge >= 0.3 is 6.09 Å². The van der Waals surface area contributed by atoms with Crippen LogP contribution in [0.5, 0.6) is 5.75 Å². The molecule has 1 spiro atoms. The van der Waals surface area contributed by atoms with Gasteiger partial charge < -0.3 is 19.7 Å². The summed E-state index contributed by atoms with van der Waals surface area (Å²) in [6.45, 7) is 6.60. The number of para-hydroxylation sites is 2. The van der Waals surface area contributed by atoms with Crippen LogP contribution in [-0.4, -0.2) is 41.2 Å². The Balaban J connectivity index is 1.71. The molecule has 6 heteroatoms. The molecule has 0 bridgehead atoms. The van der Waals surface area contributed by atoms with Crippen LogP contribution in [0.15, 0.2) is 24.3 Å². The Morgan fingerprint density at radius 3 is 2.58 bits per heavy atom. The molecule has 0 saturated carbocycles. The number of amides is 2. The van der Waals surface area contributed by atoms with Gasteiger partial charge in [-0.1, -0.05) is 12.1 Å². The molecule has 0 unspecified atom stereocenters. The molecule has 2 aliphatic heterocycles. The van der Waals surface area contributed by atoms with Gasteiger partial charge in [0.25, 0.3) is 0 Å². The second kappa shape index (κ2) is 6.00. The second-order valence-corrected chi connectivity index (χ2v) is 7.47. The average molecular weight is 332 g/mol. The lowest BCUT2D eigenvalue weighted by molar-refractivity contribution is -0.120. The highest BCUT2D eigenvalue weighted by Crippen LogP contribution is 2.38. The van der Waals surface area contributed by atoms with Crippen molar-refractivity contribution in [2.75, 3.05) is 18.4 Å². The van der Waals surface area contributed by atoms with Crippen LogP contribution in [0.2, 0.25) is 0 Å². The number of anilines is 1. The Kier molecular flexibility index (Phi) is 4.15. The van der Waals surface area contributed by atoms with Crippen LogP contribution in [0.4, 0.5) is 10.5 Å². The zero-order chi connectivity index (χ0) is 17.4. The van der Waals surface area contributed by atoms with E-state index in [1.807, 2.05) is 45.0 Å². The maximum absolute atomic E-state index is 12.2. The largest absolute Gasteiger partial charge is 0.484 e. The zero-order valence-electron chi connectivity index (χ0n) is 14.4. The molecule has 1 N–H and O–H groups in total. The Morgan fingerprint density at radius 2 is 1.92 bits per heavy atom. The quantitative estimate of drug-likeness (QED) is 0.792. The highest BCUT2D eigenvalue weighted by atomic mass is 16.6. The van der Waals surface area contributed by atoms with E-state index < -0.39 is 11.2 Å². The van der Waals surface area contributed by atoms with E-state index in [0.717, 1.165) is 0 Å². The number of carbonyl (C=O) groups excluding carboxylic acids is 2. The van der Waals surface area contributed by atoms with E-state index in [0.29, 0.717) is 43.8 Å². The van der Waals surface area contributed by atoms with Gasteiger partial charge in [0.2, 0.25) is 5.91 Å². The summed E-state index contributed by atoms with van der Waals surface area (Å²) >= 11 is 0. The van der Waals surface area contributed by atoms with Gasteiger partial charge in [-0.15, -0.1) is 0 Å². The minimum absolute atomic E-state index is 0.0503. The first-order valence-corrected chi connectivity index (χ1v) is 8.32. The molecule has 0 radical (unpaired) electrons. The van der Waals surface area contributed by atoms with Gasteiger partial charge in [0.05, 0.1) is 12.1 Å². The lowest BCUT2D eigenvalue weighted by Crippen LogP contribution is -2.51. The van der Waals surface area contributed by atoms with Crippen LogP contribution < -0.4 is 10.1 Å². The van der Waals surface area contributed by atoms with E-state index >= 15 is 0 Å². The number of carbonyl (C=O) groups is 2. The molecule has 0 aromatic heterocycles. The predicted molar refractivity (Wildman–Crippen MR) is 90.1 cm³/mol. The van der Waals surface area contributed by atoms with Gasteiger partial charge in [0, 0.05) is 25.9 Å². The first kappa shape index (κ1) is 16.6. The molecule has 0 aliphatic carbocycles. The minimum Gasteiger partial charge on any atom is -0.484 e. The molecule has 6 nitrogen and oxygen atoms in total. The lowest BCUT2D eigenvalue weighted by Gasteiger charge is -2.40. The van der Waals surface area contributed by atoms with Crippen molar-refractivity contribution in [3.63, 3.8) is 0 Å². The van der Waals surface area contributed by atoms with Crippen molar-refractivity contribution in [2.24, 2.45) is 0 Å². The third kappa shape index (κ3) is 3.63. The number of benzene rings is 1. The highest BCUT2D eigenvalue weighted by molar-refractivity contribution is 5.93. The smallest absolute Gasteiger partial charge is 0.410 e. The predicted octanol–water partition coefficient (Wildman–Crippen LogP) is 3.18. The number of likely N-dealkylation sites (tertiary alicyclic amines) is 1. The molecule has 0 atom stereocenters. The molecule has 130 valence electrons. The fourth-order valence-electron chi connectivity index (χ4n) is 3.12. The first-order chi connectivity index (χ1) is 11.3. The number of ether oxygens (including phenoxy) is 2. The normalized spacial score (nSPS) is 19.8. The number of hydrogen-bond acceptors (Lipinski definition) is 4. The molecule has 2 heterocycles. The maximum Gasteiger partial charge on any atom is 0.410 e. The average Bonchev–Trinajstić information content (AvgIpc) is 2.61. The van der Waals surface area contributed by atoms with Crippen LogP contribution in [0.3, 0.4) is 0 Å². The van der Waals surface area contributed by atoms with Gasteiger partial charge in [-0.2, -0.15) is 0 Å². The summed E-state index contributed by atoms with van der Waals surface area (Å²) in [6, 6.07) is 7.45. The standard InChI is InChI=1S/C18H24N2O4/c1-17(2,3)24-16(22)20-10-8-18(9-11-20)12-15(21)19-13-6-4-5-7-14(13)23-18/h4-7H,8-12H2,1-3H3,(H,19,21). The summed E-state index contributed by atoms with van der Waals surface area (Å²) in [5, 5.41) is 2.89. The SMILES string of the molecule is CC(C)(C)OC(=O)N1CCC2(CC1)CC(=O)Nc1ccccc1O2. The Labute approximate surface area is 142 Å². The number of rotatable bonds is 0. The van der Waals surface area contributed by atoms with Crippen molar-refractivity contribution in [1.29, 1.82) is 0 Å². The van der Waals surface area contributed by atoms with Crippen LogP contribution >= 0.6 is 0 Å². The van der Waals surface area contributed by atoms with Crippen LogP contribution in [0.25, 0.3) is 0 Å². The number of nitrogens with one attached hydrogen (secondary N) is 1. The van der Waals surface area contributed by atoms with Crippen molar-refractivity contribution in [3.8, 4) is 5.75 Å². The van der Waals surface area contributed by atoms with Crippen LogP contribution in [-0.2, 0) is 9.53 Å². The molecule has 1 aromatic carbocycles. The van der Waals surface area contributed by atoms with Crippen LogP contribution in [0, 0.1) is 0 Å². The monoisotopic (exact) mass is 332 g/mol. The molecular formula is C18H24N2O4. The first-order valence-electron chi connectivity index (χ1n) is 8.32. The van der Waals surface area contributed by atoms with Crippen molar-refractivity contribution in [2.45, 2.75) is 51.2 Å². The second-order valence-electron chi connectivity index (χ2n) is 7.47. The van der Waals surface area contributed by atoms with Gasteiger partial charge in [0.15, 0.2) is 0 Å². The third-order valence-corrected chi connectivity index (χ3v) is 4.30. The van der Waals surface area contributed by atoms with Gasteiger partial charge in [-0.25, -0.2) is 4.79 Å². The van der Waals surface area contributed by atoms with E-state index in [4.69, 9.17) is 9.47 Å². The maximum atomic E-state index is 12.2. The van der Waals surface area contributed by atoms with E-state index in [1.54, 1.807) is 4.90 Å². The Hall–Kier alpha value is -2.24. The summed E-state index contributed by atoms with van der Waals surface area (Å²) in [5.74, 6) is 0.639. The van der Waals surface area contributed by atoms with Crippen molar-refractivity contribution >= 4 is 17.7 Å². The molecule has 24 heavy (non-hydrogen) atoms. The van der Waals surface area contributed by atoms with Crippen molar-refractivity contribution in [1.82, 2.24) is 4.90 Å². The molecule has 1 saturated heterocycles. The molecule has 3 rings (SSSR count). The molecule has 1 fully saturated rings. The highest BCUT2D eigenvalue weighted by Gasteiger charge is 2.42. The Bertz CT molecular complexity index is 643. The Morgan fingerprint density at radius 1 is 1.25 bits per heavy atom. The summed E-state index contributed by atoms with van der Waals surface area (Å²) in [6.07, 6.45) is 1.20. The van der Waals surface area contributed by atoms with E-state index in [9.17, 15) is 9.59 Å². The number of nitrogens with zero attached hydrogens (tertiary/aromatic N) is 1. The summed E-state index contributed by atoms with van der Waals surface area (Å²) in [5.41, 5.74) is -0.368.